The number of Topliss-reactive ketones (excluding diaryl/α,β-unsaturated/α-hetero) is 1. The van der Waals surface area contributed by atoms with E-state index in [0.29, 0.717) is 29.0 Å². The summed E-state index contributed by atoms with van der Waals surface area (Å²) in [6.07, 6.45) is 4.26. The van der Waals surface area contributed by atoms with Crippen LogP contribution < -0.4 is 21.5 Å². The molecule has 3 aliphatic rings. The summed E-state index contributed by atoms with van der Waals surface area (Å²) in [5.74, 6) is -2.22. The van der Waals surface area contributed by atoms with Gasteiger partial charge in [0.05, 0.1) is 34.0 Å². The second kappa shape index (κ2) is 17.1. The molecule has 2 fully saturated rings. The zero-order valence-corrected chi connectivity index (χ0v) is 32.5. The number of amides is 2. The second-order valence-electron chi connectivity index (χ2n) is 13.7. The quantitative estimate of drug-likeness (QED) is 0.0775. The first-order valence-electron chi connectivity index (χ1n) is 17.2. The lowest BCUT2D eigenvalue weighted by atomic mass is 9.79. The number of β-lactam (4-membered cyclic amide) rings is 1. The van der Waals surface area contributed by atoms with Crippen LogP contribution in [-0.4, -0.2) is 83.1 Å². The van der Waals surface area contributed by atoms with Gasteiger partial charge in [0, 0.05) is 46.9 Å². The van der Waals surface area contributed by atoms with Gasteiger partial charge < -0.3 is 41.4 Å². The van der Waals surface area contributed by atoms with Crippen LogP contribution in [0.3, 0.4) is 0 Å². The van der Waals surface area contributed by atoms with E-state index in [9.17, 15) is 44.5 Å². The van der Waals surface area contributed by atoms with Crippen LogP contribution in [-0.2, 0) is 50.2 Å². The number of halogens is 1. The average Bonchev–Trinajstić information content (AvgIpc) is 3.81. The third-order valence-corrected chi connectivity index (χ3v) is 11.3. The van der Waals surface area contributed by atoms with E-state index in [4.69, 9.17) is 9.47 Å². The Labute approximate surface area is 329 Å². The van der Waals surface area contributed by atoms with Gasteiger partial charge in [0.1, 0.15) is 44.4 Å². The maximum absolute atomic E-state index is 13.8. The third-order valence-electron chi connectivity index (χ3n) is 9.81. The fourth-order valence-electron chi connectivity index (χ4n) is 7.22. The van der Waals surface area contributed by atoms with Crippen molar-refractivity contribution in [1.82, 2.24) is 14.4 Å². The number of benzene rings is 2. The molecule has 0 bridgehead atoms. The summed E-state index contributed by atoms with van der Waals surface area (Å²) in [5, 5.41) is 32.3. The van der Waals surface area contributed by atoms with Gasteiger partial charge in [-0.1, -0.05) is 6.92 Å². The standard InChI is InChI=1S/C36H39N6O11S.BrH/c1-21(43)15-37-12-13-38(20-37)16-28-14-29(17-39(28)36(47)53-19-25-6-10-27(11-7-25)42(50)51)54-33-22(2)31-30(23(3)44)34(45)40(31)32(33)35(46)52-18-24-4-8-26(9-5-24)41(48)49;/h4-13,20,22-23,28-31,44H,14-19H2,1-3H3;1H/q+1;/p-1/t22-,23-,28+,29+,30-,31-;/m1./s1. The lowest BCUT2D eigenvalue weighted by Gasteiger charge is -2.46. The fraction of sp³-hybridized carbons (Fsp3) is 0.417. The smallest absolute Gasteiger partial charge is 0.410 e. The Morgan fingerprint density at radius 2 is 1.58 bits per heavy atom. The minimum atomic E-state index is -0.952. The molecule has 3 aromatic rings. The summed E-state index contributed by atoms with van der Waals surface area (Å²) in [5.41, 5.74) is 0.956. The number of nitro benzene ring substituents is 2. The molecule has 0 spiro atoms. The number of ketones is 1. The largest absolute Gasteiger partial charge is 1.00 e. The number of esters is 1. The Kier molecular flexibility index (Phi) is 12.8. The molecule has 17 nitrogen and oxygen atoms in total. The number of hydrogen-bond acceptors (Lipinski definition) is 12. The van der Waals surface area contributed by atoms with E-state index in [1.807, 2.05) is 11.5 Å². The zero-order valence-electron chi connectivity index (χ0n) is 30.1. The van der Waals surface area contributed by atoms with Crippen LogP contribution in [0.15, 0.2) is 77.9 Å². The number of ether oxygens (including phenoxy) is 2. The molecule has 2 aromatic carbocycles. The van der Waals surface area contributed by atoms with E-state index in [-0.39, 0.29) is 83.3 Å². The number of fused-ring (bicyclic) bond motifs is 1. The molecular formula is C36H39BrN6O11S. The van der Waals surface area contributed by atoms with Crippen molar-refractivity contribution in [2.45, 2.75) is 76.9 Å². The second-order valence-corrected chi connectivity index (χ2v) is 15.1. The highest BCUT2D eigenvalue weighted by molar-refractivity contribution is 8.03. The van der Waals surface area contributed by atoms with Crippen molar-refractivity contribution in [3.05, 3.63) is 109 Å². The number of thioether (sulfide) groups is 1. The van der Waals surface area contributed by atoms with Gasteiger partial charge in [-0.3, -0.25) is 29.8 Å². The average molecular weight is 844 g/mol. The molecule has 0 unspecified atom stereocenters. The maximum Gasteiger partial charge on any atom is 0.410 e. The van der Waals surface area contributed by atoms with Gasteiger partial charge in [0.15, 0.2) is 5.78 Å². The van der Waals surface area contributed by atoms with Crippen molar-refractivity contribution in [1.29, 1.82) is 0 Å². The van der Waals surface area contributed by atoms with Crippen LogP contribution in [0.25, 0.3) is 0 Å². The first kappa shape index (κ1) is 41.0. The van der Waals surface area contributed by atoms with Crippen molar-refractivity contribution < 1.29 is 65.2 Å². The van der Waals surface area contributed by atoms with Crippen molar-refractivity contribution in [3.8, 4) is 0 Å². The number of imidazole rings is 1. The Balaban J connectivity index is 0.00000580. The zero-order chi connectivity index (χ0) is 38.8. The topological polar surface area (TPSA) is 209 Å². The van der Waals surface area contributed by atoms with Crippen LogP contribution in [0.4, 0.5) is 16.2 Å². The van der Waals surface area contributed by atoms with Crippen molar-refractivity contribution in [3.63, 3.8) is 0 Å². The monoisotopic (exact) mass is 842 g/mol. The molecule has 292 valence electrons. The predicted molar refractivity (Wildman–Crippen MR) is 190 cm³/mol. The maximum atomic E-state index is 13.8. The number of carbonyl (C=O) groups is 4. The highest BCUT2D eigenvalue weighted by atomic mass is 79.9. The molecule has 6 atom stereocenters. The summed E-state index contributed by atoms with van der Waals surface area (Å²) >= 11 is 1.37. The molecule has 4 heterocycles. The van der Waals surface area contributed by atoms with Crippen LogP contribution in [0, 0.1) is 32.1 Å². The van der Waals surface area contributed by atoms with Crippen molar-refractivity contribution in [2.75, 3.05) is 6.54 Å². The van der Waals surface area contributed by atoms with E-state index in [1.165, 1.54) is 79.0 Å². The summed E-state index contributed by atoms with van der Waals surface area (Å²) in [7, 11) is 0. The lowest BCUT2D eigenvalue weighted by Crippen LogP contribution is -3.00. The van der Waals surface area contributed by atoms with E-state index in [2.05, 4.69) is 0 Å². The number of rotatable bonds is 14. The molecule has 0 aliphatic carbocycles. The van der Waals surface area contributed by atoms with Gasteiger partial charge in [-0.2, -0.15) is 0 Å². The number of aliphatic hydroxyl groups is 1. The van der Waals surface area contributed by atoms with Crippen LogP contribution in [0.2, 0.25) is 0 Å². The van der Waals surface area contributed by atoms with E-state index >= 15 is 0 Å². The highest BCUT2D eigenvalue weighted by Gasteiger charge is 2.60. The van der Waals surface area contributed by atoms with Gasteiger partial charge in [-0.15, -0.1) is 11.8 Å². The third kappa shape index (κ3) is 8.89. The van der Waals surface area contributed by atoms with Gasteiger partial charge in [0.25, 0.3) is 11.4 Å². The SMILES string of the molecule is CC(=O)C[n+]1ccn(C[C@@H]2C[C@H](SC3=C(C(=O)OCc4ccc([N+](=O)[O-])cc4)N4C(=O)[C@H]([C@@H](C)O)[C@H]4[C@H]3C)CN2C(=O)OCc2ccc([N+](=O)[O-])cc2)c1.[Br-]. The number of non-ortho nitro benzene ring substituents is 2. The summed E-state index contributed by atoms with van der Waals surface area (Å²) in [4.78, 5) is 77.1. The molecule has 6 rings (SSSR count). The van der Waals surface area contributed by atoms with Gasteiger partial charge in [-0.25, -0.2) is 18.7 Å². The minimum absolute atomic E-state index is 0. The number of hydrogen-bond donors (Lipinski definition) is 1. The molecule has 19 heteroatoms. The summed E-state index contributed by atoms with van der Waals surface area (Å²) in [6, 6.07) is 10.4. The van der Waals surface area contributed by atoms with E-state index < -0.39 is 45.9 Å². The lowest BCUT2D eigenvalue weighted by molar-refractivity contribution is -0.683. The van der Waals surface area contributed by atoms with E-state index in [1.54, 1.807) is 28.2 Å². The molecule has 3 aliphatic heterocycles. The number of nitro groups is 2. The first-order chi connectivity index (χ1) is 25.7. The van der Waals surface area contributed by atoms with Crippen LogP contribution >= 0.6 is 11.8 Å². The molecule has 2 amide bonds. The molecule has 0 radical (unpaired) electrons. The molecule has 55 heavy (non-hydrogen) atoms. The predicted octanol–water partition coefficient (Wildman–Crippen LogP) is 0.510. The Morgan fingerprint density at radius 3 is 2.13 bits per heavy atom. The molecular weight excluding hydrogens is 804 g/mol. The number of likely N-dealkylation sites (tertiary alicyclic amines) is 1. The van der Waals surface area contributed by atoms with Gasteiger partial charge >= 0.3 is 12.1 Å². The number of nitrogens with zero attached hydrogens (tertiary/aromatic N) is 6. The molecule has 2 saturated heterocycles. The number of carbonyl (C=O) groups excluding carboxylic acids is 4. The van der Waals surface area contributed by atoms with Crippen molar-refractivity contribution in [2.24, 2.45) is 11.8 Å². The summed E-state index contributed by atoms with van der Waals surface area (Å²) in [6.45, 7) is 5.38. The minimum Gasteiger partial charge on any atom is -1.00 e. The highest BCUT2D eigenvalue weighted by Crippen LogP contribution is 2.52. The van der Waals surface area contributed by atoms with Crippen molar-refractivity contribution >= 4 is 46.9 Å². The van der Waals surface area contributed by atoms with Gasteiger partial charge in [0.2, 0.25) is 12.2 Å². The fourth-order valence-corrected chi connectivity index (χ4v) is 8.78. The Morgan fingerprint density at radius 1 is 1.00 bits per heavy atom. The van der Waals surface area contributed by atoms with E-state index in [0.717, 1.165) is 0 Å². The number of aliphatic hydroxyl groups excluding tert-OH is 1. The number of aromatic nitrogens is 2. The Hall–Kier alpha value is -5.14. The van der Waals surface area contributed by atoms with Gasteiger partial charge in [-0.05, 0) is 55.7 Å². The molecule has 1 aromatic heterocycles. The van der Waals surface area contributed by atoms with Crippen LogP contribution in [0.5, 0.6) is 0 Å². The normalized spacial score (nSPS) is 22.0. The first-order valence-corrected chi connectivity index (χ1v) is 18.1. The molecule has 0 saturated carbocycles. The van der Waals surface area contributed by atoms with Crippen LogP contribution in [0.1, 0.15) is 38.3 Å². The summed E-state index contributed by atoms with van der Waals surface area (Å²) < 4.78 is 14.9. The molecule has 1 N–H and O–H groups in total. The Bertz CT molecular complexity index is 2000.